The van der Waals surface area contributed by atoms with Crippen LogP contribution in [-0.4, -0.2) is 26.5 Å². The van der Waals surface area contributed by atoms with Gasteiger partial charge >= 0.3 is 0 Å². The van der Waals surface area contributed by atoms with Crippen LogP contribution in [0.15, 0.2) is 41.4 Å². The van der Waals surface area contributed by atoms with Gasteiger partial charge in [-0.15, -0.1) is 0 Å². The molecular formula is C17H20FN3O2S. The zero-order valence-electron chi connectivity index (χ0n) is 13.5. The number of pyridine rings is 1. The maximum Gasteiger partial charge on any atom is 0.261 e. The predicted molar refractivity (Wildman–Crippen MR) is 92.2 cm³/mol. The molecule has 1 N–H and O–H groups in total. The smallest absolute Gasteiger partial charge is 0.261 e. The molecule has 1 aliphatic rings. The van der Waals surface area contributed by atoms with Crippen molar-refractivity contribution in [3.8, 4) is 0 Å². The van der Waals surface area contributed by atoms with E-state index in [4.69, 9.17) is 0 Å². The summed E-state index contributed by atoms with van der Waals surface area (Å²) in [5, 5.41) is 0. The number of anilines is 2. The van der Waals surface area contributed by atoms with E-state index in [0.717, 1.165) is 37.8 Å². The lowest BCUT2D eigenvalue weighted by Gasteiger charge is -2.27. The topological polar surface area (TPSA) is 62.3 Å². The van der Waals surface area contributed by atoms with Gasteiger partial charge in [0.15, 0.2) is 0 Å². The minimum atomic E-state index is -3.76. The van der Waals surface area contributed by atoms with Crippen LogP contribution in [0, 0.1) is 12.7 Å². The summed E-state index contributed by atoms with van der Waals surface area (Å²) in [7, 11) is -3.76. The van der Waals surface area contributed by atoms with Gasteiger partial charge in [0.1, 0.15) is 11.6 Å². The van der Waals surface area contributed by atoms with Crippen molar-refractivity contribution >= 4 is 21.5 Å². The van der Waals surface area contributed by atoms with Crippen LogP contribution in [0.1, 0.15) is 24.8 Å². The van der Waals surface area contributed by atoms with Crippen molar-refractivity contribution in [1.82, 2.24) is 4.98 Å². The van der Waals surface area contributed by atoms with Gasteiger partial charge in [0.2, 0.25) is 0 Å². The number of aromatic nitrogens is 1. The van der Waals surface area contributed by atoms with Crippen molar-refractivity contribution < 1.29 is 12.8 Å². The molecule has 0 amide bonds. The number of aryl methyl sites for hydroxylation is 1. The molecule has 24 heavy (non-hydrogen) atoms. The Morgan fingerprint density at radius 3 is 2.50 bits per heavy atom. The molecule has 0 bridgehead atoms. The average Bonchev–Trinajstić information content (AvgIpc) is 2.58. The summed E-state index contributed by atoms with van der Waals surface area (Å²) in [6.07, 6.45) is 5.06. The van der Waals surface area contributed by atoms with Gasteiger partial charge in [0.25, 0.3) is 10.0 Å². The molecule has 1 aromatic carbocycles. The lowest BCUT2D eigenvalue weighted by molar-refractivity contribution is 0.573. The Bertz CT molecular complexity index is 816. The Hall–Kier alpha value is -2.15. The third-order valence-corrected chi connectivity index (χ3v) is 5.50. The molecule has 7 heteroatoms. The van der Waals surface area contributed by atoms with Crippen molar-refractivity contribution in [2.45, 2.75) is 31.1 Å². The van der Waals surface area contributed by atoms with E-state index in [1.165, 1.54) is 31.7 Å². The molecule has 0 unspecified atom stereocenters. The first-order chi connectivity index (χ1) is 11.5. The SMILES string of the molecule is Cc1cc(S(=O)(=O)Nc2ccc(N3CCCCC3)nc2)ccc1F. The van der Waals surface area contributed by atoms with Crippen LogP contribution in [-0.2, 0) is 10.0 Å². The molecule has 0 radical (unpaired) electrons. The zero-order valence-corrected chi connectivity index (χ0v) is 14.3. The lowest BCUT2D eigenvalue weighted by atomic mass is 10.1. The minimum Gasteiger partial charge on any atom is -0.357 e. The molecule has 0 atom stereocenters. The number of halogens is 1. The summed E-state index contributed by atoms with van der Waals surface area (Å²) in [5.41, 5.74) is 0.675. The molecule has 1 aliphatic heterocycles. The van der Waals surface area contributed by atoms with E-state index in [9.17, 15) is 12.8 Å². The van der Waals surface area contributed by atoms with E-state index < -0.39 is 15.8 Å². The third kappa shape index (κ3) is 3.67. The van der Waals surface area contributed by atoms with Crippen LogP contribution in [0.4, 0.5) is 15.9 Å². The van der Waals surface area contributed by atoms with Gasteiger partial charge in [-0.2, -0.15) is 0 Å². The zero-order chi connectivity index (χ0) is 17.2. The second kappa shape index (κ2) is 6.76. The highest BCUT2D eigenvalue weighted by Gasteiger charge is 2.16. The van der Waals surface area contributed by atoms with E-state index in [1.807, 2.05) is 6.07 Å². The number of hydrogen-bond donors (Lipinski definition) is 1. The predicted octanol–water partition coefficient (Wildman–Crippen LogP) is 3.32. The largest absolute Gasteiger partial charge is 0.357 e. The van der Waals surface area contributed by atoms with Gasteiger partial charge < -0.3 is 4.90 Å². The Morgan fingerprint density at radius 1 is 1.12 bits per heavy atom. The molecule has 2 heterocycles. The Labute approximate surface area is 141 Å². The first kappa shape index (κ1) is 16.7. The fraction of sp³-hybridized carbons (Fsp3) is 0.353. The van der Waals surface area contributed by atoms with E-state index in [1.54, 1.807) is 6.07 Å². The molecule has 0 spiro atoms. The fourth-order valence-corrected chi connectivity index (χ4v) is 3.88. The minimum absolute atomic E-state index is 0.0292. The molecule has 0 saturated carbocycles. The second-order valence-electron chi connectivity index (χ2n) is 5.97. The van der Waals surface area contributed by atoms with Gasteiger partial charge in [-0.25, -0.2) is 17.8 Å². The highest BCUT2D eigenvalue weighted by molar-refractivity contribution is 7.92. The van der Waals surface area contributed by atoms with Crippen LogP contribution >= 0.6 is 0 Å². The highest BCUT2D eigenvalue weighted by Crippen LogP contribution is 2.21. The summed E-state index contributed by atoms with van der Waals surface area (Å²) < 4.78 is 40.5. The van der Waals surface area contributed by atoms with Gasteiger partial charge in [-0.1, -0.05) is 0 Å². The molecule has 1 saturated heterocycles. The molecule has 5 nitrogen and oxygen atoms in total. The highest BCUT2D eigenvalue weighted by atomic mass is 32.2. The van der Waals surface area contributed by atoms with E-state index in [-0.39, 0.29) is 10.5 Å². The van der Waals surface area contributed by atoms with Crippen molar-refractivity contribution in [1.29, 1.82) is 0 Å². The maximum atomic E-state index is 13.3. The van der Waals surface area contributed by atoms with Gasteiger partial charge in [-0.05, 0) is 62.1 Å². The van der Waals surface area contributed by atoms with Crippen LogP contribution in [0.25, 0.3) is 0 Å². The Balaban J connectivity index is 1.76. The van der Waals surface area contributed by atoms with E-state index >= 15 is 0 Å². The molecule has 1 fully saturated rings. The number of nitrogens with zero attached hydrogens (tertiary/aromatic N) is 2. The fourth-order valence-electron chi connectivity index (χ4n) is 2.75. The normalized spacial score (nSPS) is 15.3. The first-order valence-corrected chi connectivity index (χ1v) is 9.44. The molecule has 1 aromatic heterocycles. The summed E-state index contributed by atoms with van der Waals surface area (Å²) in [4.78, 5) is 6.58. The monoisotopic (exact) mass is 349 g/mol. The summed E-state index contributed by atoms with van der Waals surface area (Å²) in [5.74, 6) is 0.428. The number of hydrogen-bond acceptors (Lipinski definition) is 4. The van der Waals surface area contributed by atoms with Crippen LogP contribution < -0.4 is 9.62 Å². The quantitative estimate of drug-likeness (QED) is 0.920. The van der Waals surface area contributed by atoms with Crippen LogP contribution in [0.5, 0.6) is 0 Å². The van der Waals surface area contributed by atoms with Crippen molar-refractivity contribution in [2.75, 3.05) is 22.7 Å². The summed E-state index contributed by atoms with van der Waals surface area (Å²) >= 11 is 0. The Kier molecular flexibility index (Phi) is 4.71. The van der Waals surface area contributed by atoms with Crippen molar-refractivity contribution in [3.05, 3.63) is 47.9 Å². The van der Waals surface area contributed by atoms with Gasteiger partial charge in [0, 0.05) is 13.1 Å². The average molecular weight is 349 g/mol. The first-order valence-electron chi connectivity index (χ1n) is 7.96. The van der Waals surface area contributed by atoms with Crippen LogP contribution in [0.3, 0.4) is 0 Å². The van der Waals surface area contributed by atoms with Crippen molar-refractivity contribution in [3.63, 3.8) is 0 Å². The summed E-state index contributed by atoms with van der Waals surface area (Å²) in [6, 6.07) is 7.24. The number of piperidine rings is 1. The van der Waals surface area contributed by atoms with Crippen LogP contribution in [0.2, 0.25) is 0 Å². The van der Waals surface area contributed by atoms with E-state index in [0.29, 0.717) is 5.69 Å². The molecule has 2 aromatic rings. The van der Waals surface area contributed by atoms with E-state index in [2.05, 4.69) is 14.6 Å². The molecule has 0 aliphatic carbocycles. The van der Waals surface area contributed by atoms with Crippen molar-refractivity contribution in [2.24, 2.45) is 0 Å². The standard InChI is InChI=1S/C17H20FN3O2S/c1-13-11-15(6-7-16(13)18)24(22,23)20-14-5-8-17(19-12-14)21-9-3-2-4-10-21/h5-8,11-12,20H,2-4,9-10H2,1H3. The lowest BCUT2D eigenvalue weighted by Crippen LogP contribution is -2.30. The van der Waals surface area contributed by atoms with Gasteiger partial charge in [-0.3, -0.25) is 4.72 Å². The Morgan fingerprint density at radius 2 is 1.88 bits per heavy atom. The number of rotatable bonds is 4. The number of benzene rings is 1. The molecule has 128 valence electrons. The number of sulfonamides is 1. The summed E-state index contributed by atoms with van der Waals surface area (Å²) in [6.45, 7) is 3.49. The molecule has 3 rings (SSSR count). The second-order valence-corrected chi connectivity index (χ2v) is 7.65. The third-order valence-electron chi connectivity index (χ3n) is 4.12. The molecular weight excluding hydrogens is 329 g/mol. The van der Waals surface area contributed by atoms with Gasteiger partial charge in [0.05, 0.1) is 16.8 Å². The maximum absolute atomic E-state index is 13.3. The number of nitrogens with one attached hydrogen (secondary N) is 1.